The molecule has 3 aromatic carbocycles. The van der Waals surface area contributed by atoms with Crippen LogP contribution in [0.4, 0.5) is 5.69 Å². The number of phenolic OH excluding ortho intramolecular Hbond substituents is 1. The average Bonchev–Trinajstić information content (AvgIpc) is 3.29. The van der Waals surface area contributed by atoms with E-state index in [4.69, 9.17) is 0 Å². The van der Waals surface area contributed by atoms with Gasteiger partial charge in [-0.3, -0.25) is 13.9 Å². The molecule has 1 aliphatic rings. The molecule has 0 fully saturated rings. The Labute approximate surface area is 198 Å². The van der Waals surface area contributed by atoms with Gasteiger partial charge in [-0.05, 0) is 60.9 Å². The van der Waals surface area contributed by atoms with Crippen molar-refractivity contribution in [3.8, 4) is 5.75 Å². The van der Waals surface area contributed by atoms with Crippen LogP contribution in [0.15, 0.2) is 77.7 Å². The third-order valence-corrected chi connectivity index (χ3v) is 7.37. The second kappa shape index (κ2) is 9.96. The number of carbonyl (C=O) groups is 2. The second-order valence-electron chi connectivity index (χ2n) is 7.90. The molecule has 0 unspecified atom stereocenters. The SMILES string of the molecule is O=C(NCCCNC(=O)c1cccc(S(=O)(=O)N2CCc3ccccc32)c1)c1cccc(O)c1. The molecular weight excluding hydrogens is 454 g/mol. The summed E-state index contributed by atoms with van der Waals surface area (Å²) in [5.41, 5.74) is 2.25. The normalized spacial score (nSPS) is 12.8. The van der Waals surface area contributed by atoms with Crippen molar-refractivity contribution in [1.29, 1.82) is 0 Å². The van der Waals surface area contributed by atoms with Gasteiger partial charge in [0.05, 0.1) is 10.6 Å². The Bertz CT molecular complexity index is 1320. The van der Waals surface area contributed by atoms with Gasteiger partial charge in [0.25, 0.3) is 21.8 Å². The molecule has 2 amide bonds. The molecule has 0 bridgehead atoms. The fraction of sp³-hybridized carbons (Fsp3) is 0.200. The highest BCUT2D eigenvalue weighted by Gasteiger charge is 2.30. The molecule has 1 heterocycles. The Morgan fingerprint density at radius 1 is 0.853 bits per heavy atom. The summed E-state index contributed by atoms with van der Waals surface area (Å²) in [6.07, 6.45) is 1.14. The van der Waals surface area contributed by atoms with E-state index >= 15 is 0 Å². The van der Waals surface area contributed by atoms with Gasteiger partial charge in [0, 0.05) is 30.8 Å². The summed E-state index contributed by atoms with van der Waals surface area (Å²) in [4.78, 5) is 24.7. The molecule has 0 aromatic heterocycles. The van der Waals surface area contributed by atoms with Crippen LogP contribution in [0.1, 0.15) is 32.7 Å². The van der Waals surface area contributed by atoms with Gasteiger partial charge in [-0.1, -0.05) is 30.3 Å². The first-order chi connectivity index (χ1) is 16.4. The van der Waals surface area contributed by atoms with Crippen molar-refractivity contribution < 1.29 is 23.1 Å². The predicted octanol–water partition coefficient (Wildman–Crippen LogP) is 2.69. The maximum absolute atomic E-state index is 13.2. The number of hydrogen-bond acceptors (Lipinski definition) is 5. The molecule has 9 heteroatoms. The van der Waals surface area contributed by atoms with E-state index in [1.807, 2.05) is 18.2 Å². The number of anilines is 1. The van der Waals surface area contributed by atoms with Crippen molar-refractivity contribution >= 4 is 27.5 Å². The maximum Gasteiger partial charge on any atom is 0.264 e. The van der Waals surface area contributed by atoms with Crippen LogP contribution in [0, 0.1) is 0 Å². The fourth-order valence-corrected chi connectivity index (χ4v) is 5.38. The van der Waals surface area contributed by atoms with E-state index in [0.717, 1.165) is 5.56 Å². The average molecular weight is 480 g/mol. The van der Waals surface area contributed by atoms with E-state index in [-0.39, 0.29) is 22.1 Å². The Kier molecular flexibility index (Phi) is 6.83. The van der Waals surface area contributed by atoms with Gasteiger partial charge in [-0.25, -0.2) is 8.42 Å². The molecule has 1 aliphatic heterocycles. The molecule has 0 aliphatic carbocycles. The van der Waals surface area contributed by atoms with E-state index < -0.39 is 15.9 Å². The first-order valence-corrected chi connectivity index (χ1v) is 12.4. The number of para-hydroxylation sites is 1. The van der Waals surface area contributed by atoms with Crippen molar-refractivity contribution in [2.45, 2.75) is 17.7 Å². The van der Waals surface area contributed by atoms with E-state index in [1.165, 1.54) is 28.6 Å². The van der Waals surface area contributed by atoms with Crippen LogP contribution in [-0.2, 0) is 16.4 Å². The molecule has 3 N–H and O–H groups in total. The molecule has 176 valence electrons. The summed E-state index contributed by atoms with van der Waals surface area (Å²) in [5.74, 6) is -0.695. The minimum absolute atomic E-state index is 0.0121. The number of rotatable bonds is 8. The van der Waals surface area contributed by atoms with E-state index in [1.54, 1.807) is 30.3 Å². The van der Waals surface area contributed by atoms with Gasteiger partial charge in [0.1, 0.15) is 5.75 Å². The lowest BCUT2D eigenvalue weighted by Crippen LogP contribution is -2.31. The van der Waals surface area contributed by atoms with Crippen molar-refractivity contribution in [1.82, 2.24) is 10.6 Å². The highest BCUT2D eigenvalue weighted by molar-refractivity contribution is 7.92. The molecule has 34 heavy (non-hydrogen) atoms. The number of nitrogens with one attached hydrogen (secondary N) is 2. The summed E-state index contributed by atoms with van der Waals surface area (Å²) < 4.78 is 27.8. The van der Waals surface area contributed by atoms with Crippen molar-refractivity contribution in [3.05, 3.63) is 89.5 Å². The zero-order valence-electron chi connectivity index (χ0n) is 18.4. The minimum atomic E-state index is -3.79. The smallest absolute Gasteiger partial charge is 0.264 e. The van der Waals surface area contributed by atoms with Crippen LogP contribution in [0.3, 0.4) is 0 Å². The minimum Gasteiger partial charge on any atom is -0.508 e. The van der Waals surface area contributed by atoms with Crippen LogP contribution in [0.5, 0.6) is 5.75 Å². The first-order valence-electron chi connectivity index (χ1n) is 10.9. The van der Waals surface area contributed by atoms with Gasteiger partial charge < -0.3 is 15.7 Å². The van der Waals surface area contributed by atoms with Gasteiger partial charge in [0.2, 0.25) is 0 Å². The van der Waals surface area contributed by atoms with Crippen LogP contribution in [-0.4, -0.2) is 45.0 Å². The molecule has 4 rings (SSSR count). The summed E-state index contributed by atoms with van der Waals surface area (Å²) in [7, 11) is -3.79. The number of nitrogens with zero attached hydrogens (tertiary/aromatic N) is 1. The zero-order chi connectivity index (χ0) is 24.1. The number of fused-ring (bicyclic) bond motifs is 1. The molecular formula is C25H25N3O5S. The molecule has 0 atom stereocenters. The lowest BCUT2D eigenvalue weighted by Gasteiger charge is -2.20. The number of hydrogen-bond donors (Lipinski definition) is 3. The highest BCUT2D eigenvalue weighted by Crippen LogP contribution is 2.32. The molecule has 0 saturated heterocycles. The molecule has 0 radical (unpaired) electrons. The Morgan fingerprint density at radius 2 is 1.50 bits per heavy atom. The van der Waals surface area contributed by atoms with Crippen molar-refractivity contribution in [2.75, 3.05) is 23.9 Å². The highest BCUT2D eigenvalue weighted by atomic mass is 32.2. The summed E-state index contributed by atoms with van der Waals surface area (Å²) >= 11 is 0. The lowest BCUT2D eigenvalue weighted by atomic mass is 10.2. The Hall–Kier alpha value is -3.85. The number of benzene rings is 3. The summed E-state index contributed by atoms with van der Waals surface area (Å²) in [5, 5.41) is 14.9. The maximum atomic E-state index is 13.2. The zero-order valence-corrected chi connectivity index (χ0v) is 19.2. The molecule has 0 saturated carbocycles. The second-order valence-corrected chi connectivity index (χ2v) is 9.76. The monoisotopic (exact) mass is 479 g/mol. The first kappa shape index (κ1) is 23.3. The van der Waals surface area contributed by atoms with E-state index in [0.29, 0.717) is 43.7 Å². The van der Waals surface area contributed by atoms with E-state index in [2.05, 4.69) is 10.6 Å². The third kappa shape index (κ3) is 5.04. The topological polar surface area (TPSA) is 116 Å². The van der Waals surface area contributed by atoms with E-state index in [9.17, 15) is 23.1 Å². The Morgan fingerprint density at radius 3 is 2.21 bits per heavy atom. The van der Waals surface area contributed by atoms with Gasteiger partial charge in [0.15, 0.2) is 0 Å². The largest absolute Gasteiger partial charge is 0.508 e. The third-order valence-electron chi connectivity index (χ3n) is 5.56. The molecule has 0 spiro atoms. The standard InChI is InChI=1S/C25H25N3O5S/c29-21-9-3-7-19(16-21)24(30)26-13-5-14-27-25(31)20-8-4-10-22(17-20)34(32,33)28-15-12-18-6-1-2-11-23(18)28/h1-4,6-11,16-17,29H,5,12-15H2,(H,26,30)(H,27,31). The number of carbonyl (C=O) groups excluding carboxylic acids is 2. The number of phenols is 1. The lowest BCUT2D eigenvalue weighted by molar-refractivity contribution is 0.0951. The van der Waals surface area contributed by atoms with Crippen LogP contribution < -0.4 is 14.9 Å². The quantitative estimate of drug-likeness (QED) is 0.430. The van der Waals surface area contributed by atoms with Gasteiger partial charge in [-0.2, -0.15) is 0 Å². The van der Waals surface area contributed by atoms with Gasteiger partial charge >= 0.3 is 0 Å². The van der Waals surface area contributed by atoms with Crippen LogP contribution in [0.25, 0.3) is 0 Å². The Balaban J connectivity index is 1.32. The van der Waals surface area contributed by atoms with Crippen LogP contribution in [0.2, 0.25) is 0 Å². The predicted molar refractivity (Wildman–Crippen MR) is 129 cm³/mol. The van der Waals surface area contributed by atoms with Crippen molar-refractivity contribution in [2.24, 2.45) is 0 Å². The fourth-order valence-electron chi connectivity index (χ4n) is 3.83. The summed E-state index contributed by atoms with van der Waals surface area (Å²) in [6.45, 7) is 1.000. The summed E-state index contributed by atoms with van der Waals surface area (Å²) in [6, 6.07) is 19.4. The number of aromatic hydroxyl groups is 1. The number of sulfonamides is 1. The van der Waals surface area contributed by atoms with Crippen LogP contribution >= 0.6 is 0 Å². The molecule has 3 aromatic rings. The number of amides is 2. The molecule has 8 nitrogen and oxygen atoms in total. The van der Waals surface area contributed by atoms with Gasteiger partial charge in [-0.15, -0.1) is 0 Å². The van der Waals surface area contributed by atoms with Crippen molar-refractivity contribution in [3.63, 3.8) is 0 Å².